The number of rotatable bonds is 2. The lowest BCUT2D eigenvalue weighted by Gasteiger charge is -2.34. The van der Waals surface area contributed by atoms with Crippen molar-refractivity contribution in [3.05, 3.63) is 53.1 Å². The van der Waals surface area contributed by atoms with Gasteiger partial charge in [-0.25, -0.2) is 8.42 Å². The van der Waals surface area contributed by atoms with E-state index < -0.39 is 10.0 Å². The number of carbonyl (C=O) groups excluding carboxylic acids is 1. The first kappa shape index (κ1) is 18.6. The molecule has 1 fully saturated rings. The Hall–Kier alpha value is -2.38. The Bertz CT molecular complexity index is 1110. The SMILES string of the molecule is Cc1ccc2c(c1)[C@H]1C[NH+](C)CC[C@@H]1N2S(=O)(=O)c1ccc2c(c1)CCC(=O)N2. The fourth-order valence-electron chi connectivity index (χ4n) is 5.10. The van der Waals surface area contributed by atoms with Crippen LogP contribution >= 0.6 is 0 Å². The molecule has 0 aromatic heterocycles. The number of sulfonamides is 1. The fraction of sp³-hybridized carbons (Fsp3) is 0.409. The summed E-state index contributed by atoms with van der Waals surface area (Å²) in [5, 5.41) is 2.83. The molecular weight excluding hydrogens is 386 g/mol. The van der Waals surface area contributed by atoms with Crippen molar-refractivity contribution in [3.8, 4) is 0 Å². The molecule has 5 rings (SSSR count). The van der Waals surface area contributed by atoms with Crippen LogP contribution in [0.2, 0.25) is 0 Å². The number of benzene rings is 2. The molecule has 0 spiro atoms. The van der Waals surface area contributed by atoms with Crippen molar-refractivity contribution in [1.82, 2.24) is 0 Å². The van der Waals surface area contributed by atoms with E-state index in [0.717, 1.165) is 47.6 Å². The molecule has 3 aliphatic heterocycles. The molecule has 3 atom stereocenters. The summed E-state index contributed by atoms with van der Waals surface area (Å²) >= 11 is 0. The smallest absolute Gasteiger partial charge is 0.264 e. The van der Waals surface area contributed by atoms with Crippen LogP contribution in [0.4, 0.5) is 11.4 Å². The highest BCUT2D eigenvalue weighted by atomic mass is 32.2. The molecule has 0 saturated carbocycles. The van der Waals surface area contributed by atoms with Crippen LogP contribution in [0.25, 0.3) is 0 Å². The van der Waals surface area contributed by atoms with E-state index in [1.165, 1.54) is 4.90 Å². The van der Waals surface area contributed by atoms with Gasteiger partial charge in [0.2, 0.25) is 5.91 Å². The molecule has 0 aliphatic carbocycles. The highest BCUT2D eigenvalue weighted by Gasteiger charge is 2.48. The molecule has 152 valence electrons. The van der Waals surface area contributed by atoms with Crippen LogP contribution in [0.1, 0.15) is 35.4 Å². The zero-order valence-electron chi connectivity index (χ0n) is 16.7. The molecule has 2 N–H and O–H groups in total. The van der Waals surface area contributed by atoms with Crippen LogP contribution in [0, 0.1) is 6.92 Å². The average molecular weight is 413 g/mol. The minimum absolute atomic E-state index is 0.0198. The summed E-state index contributed by atoms with van der Waals surface area (Å²) in [6, 6.07) is 11.2. The number of amides is 1. The number of hydrogen-bond acceptors (Lipinski definition) is 3. The lowest BCUT2D eigenvalue weighted by Crippen LogP contribution is -3.11. The highest BCUT2D eigenvalue weighted by molar-refractivity contribution is 7.92. The van der Waals surface area contributed by atoms with Gasteiger partial charge in [0.1, 0.15) is 0 Å². The molecule has 0 radical (unpaired) electrons. The van der Waals surface area contributed by atoms with Crippen molar-refractivity contribution in [1.29, 1.82) is 0 Å². The first-order valence-corrected chi connectivity index (χ1v) is 11.7. The van der Waals surface area contributed by atoms with E-state index in [4.69, 9.17) is 0 Å². The molecule has 29 heavy (non-hydrogen) atoms. The van der Waals surface area contributed by atoms with Gasteiger partial charge in [0.15, 0.2) is 0 Å². The van der Waals surface area contributed by atoms with Gasteiger partial charge in [0.25, 0.3) is 10.0 Å². The van der Waals surface area contributed by atoms with Crippen molar-refractivity contribution >= 4 is 27.3 Å². The van der Waals surface area contributed by atoms with Gasteiger partial charge >= 0.3 is 0 Å². The molecule has 1 unspecified atom stereocenters. The van der Waals surface area contributed by atoms with Gasteiger partial charge in [0.05, 0.1) is 42.7 Å². The number of likely N-dealkylation sites (tertiary alicyclic amines) is 1. The van der Waals surface area contributed by atoms with Gasteiger partial charge in [0, 0.05) is 18.5 Å². The van der Waals surface area contributed by atoms with E-state index in [1.54, 1.807) is 22.5 Å². The predicted molar refractivity (Wildman–Crippen MR) is 112 cm³/mol. The lowest BCUT2D eigenvalue weighted by atomic mass is 9.89. The van der Waals surface area contributed by atoms with Gasteiger partial charge < -0.3 is 10.2 Å². The third-order valence-electron chi connectivity index (χ3n) is 6.55. The van der Waals surface area contributed by atoms with Crippen molar-refractivity contribution in [3.63, 3.8) is 0 Å². The first-order chi connectivity index (χ1) is 13.8. The summed E-state index contributed by atoms with van der Waals surface area (Å²) in [6.07, 6.45) is 1.81. The third-order valence-corrected chi connectivity index (χ3v) is 8.38. The van der Waals surface area contributed by atoms with Crippen LogP contribution in [-0.4, -0.2) is 40.5 Å². The number of hydrogen-bond donors (Lipinski definition) is 2. The van der Waals surface area contributed by atoms with Crippen molar-refractivity contribution in [2.75, 3.05) is 29.8 Å². The average Bonchev–Trinajstić information content (AvgIpc) is 3.01. The molecule has 2 aromatic carbocycles. The zero-order chi connectivity index (χ0) is 20.3. The minimum atomic E-state index is -3.69. The Labute approximate surface area is 171 Å². The summed E-state index contributed by atoms with van der Waals surface area (Å²) in [6.45, 7) is 3.98. The molecule has 6 nitrogen and oxygen atoms in total. The number of quaternary nitrogens is 1. The maximum Gasteiger partial charge on any atom is 0.264 e. The third kappa shape index (κ3) is 2.95. The molecule has 3 heterocycles. The molecule has 0 bridgehead atoms. The van der Waals surface area contributed by atoms with Gasteiger partial charge in [-0.1, -0.05) is 17.7 Å². The summed E-state index contributed by atoms with van der Waals surface area (Å²) < 4.78 is 29.3. The van der Waals surface area contributed by atoms with Crippen molar-refractivity contribution in [2.45, 2.75) is 43.0 Å². The van der Waals surface area contributed by atoms with Crippen molar-refractivity contribution in [2.24, 2.45) is 0 Å². The zero-order valence-corrected chi connectivity index (χ0v) is 17.6. The molecule has 3 aliphatic rings. The second kappa shape index (κ2) is 6.57. The Balaban J connectivity index is 1.60. The predicted octanol–water partition coefficient (Wildman–Crippen LogP) is 1.46. The largest absolute Gasteiger partial charge is 0.337 e. The van der Waals surface area contributed by atoms with E-state index in [9.17, 15) is 13.2 Å². The van der Waals surface area contributed by atoms with E-state index >= 15 is 0 Å². The number of likely N-dealkylation sites (N-methyl/N-ethyl adjacent to an activating group) is 1. The van der Waals surface area contributed by atoms with Crippen LogP contribution in [-0.2, 0) is 21.2 Å². The number of aryl methyl sites for hydroxylation is 2. The van der Waals surface area contributed by atoms with Crippen LogP contribution in [0.3, 0.4) is 0 Å². The first-order valence-electron chi connectivity index (χ1n) is 10.2. The maximum absolute atomic E-state index is 13.8. The second-order valence-electron chi connectivity index (χ2n) is 8.60. The second-order valence-corrected chi connectivity index (χ2v) is 10.4. The summed E-state index contributed by atoms with van der Waals surface area (Å²) in [5.41, 5.74) is 4.75. The summed E-state index contributed by atoms with van der Waals surface area (Å²) in [7, 11) is -1.51. The number of nitrogens with zero attached hydrogens (tertiary/aromatic N) is 1. The Kier molecular flexibility index (Phi) is 4.22. The van der Waals surface area contributed by atoms with Crippen LogP contribution in [0.15, 0.2) is 41.3 Å². The molecule has 1 amide bonds. The highest BCUT2D eigenvalue weighted by Crippen LogP contribution is 2.46. The number of anilines is 2. The minimum Gasteiger partial charge on any atom is -0.337 e. The monoisotopic (exact) mass is 412 g/mol. The standard InChI is InChI=1S/C22H25N3O3S/c1-14-3-7-20-17(11-14)18-13-24(2)10-9-21(18)25(20)29(27,28)16-5-6-19-15(12-16)4-8-22(26)23-19/h3,5-7,11-12,18,21H,4,8-10,13H2,1-2H3,(H,23,26)/p+1/t18-,21+/m1/s1. The van der Waals surface area contributed by atoms with Gasteiger partial charge in [-0.15, -0.1) is 0 Å². The van der Waals surface area contributed by atoms with Crippen molar-refractivity contribution < 1.29 is 18.1 Å². The van der Waals surface area contributed by atoms with E-state index in [2.05, 4.69) is 25.4 Å². The fourth-order valence-corrected chi connectivity index (χ4v) is 6.89. The van der Waals surface area contributed by atoms with Crippen LogP contribution in [0.5, 0.6) is 0 Å². The van der Waals surface area contributed by atoms with E-state index in [1.807, 2.05) is 12.1 Å². The van der Waals surface area contributed by atoms with Gasteiger partial charge in [-0.05, 0) is 48.7 Å². The summed E-state index contributed by atoms with van der Waals surface area (Å²) in [4.78, 5) is 13.4. The molecule has 7 heteroatoms. The van der Waals surface area contributed by atoms with E-state index in [-0.39, 0.29) is 17.9 Å². The number of carbonyl (C=O) groups is 1. The number of fused-ring (bicyclic) bond motifs is 4. The normalized spacial score (nSPS) is 25.8. The lowest BCUT2D eigenvalue weighted by molar-refractivity contribution is -0.886. The molecule has 1 saturated heterocycles. The topological polar surface area (TPSA) is 70.9 Å². The Morgan fingerprint density at radius 1 is 1.14 bits per heavy atom. The number of nitrogens with one attached hydrogen (secondary N) is 2. The Morgan fingerprint density at radius 2 is 1.97 bits per heavy atom. The molecule has 2 aromatic rings. The van der Waals surface area contributed by atoms with Gasteiger partial charge in [-0.2, -0.15) is 0 Å². The quantitative estimate of drug-likeness (QED) is 0.785. The van der Waals surface area contributed by atoms with Crippen LogP contribution < -0.4 is 14.5 Å². The molecular formula is C22H26N3O3S+. The maximum atomic E-state index is 13.8. The number of piperidine rings is 1. The van der Waals surface area contributed by atoms with E-state index in [0.29, 0.717) is 17.7 Å². The Morgan fingerprint density at radius 3 is 2.79 bits per heavy atom. The van der Waals surface area contributed by atoms with Gasteiger partial charge in [-0.3, -0.25) is 9.10 Å². The summed E-state index contributed by atoms with van der Waals surface area (Å²) in [5.74, 6) is 0.207.